The third-order valence-electron chi connectivity index (χ3n) is 3.71. The zero-order valence-corrected chi connectivity index (χ0v) is 11.4. The first-order chi connectivity index (χ1) is 8.30. The molecule has 3 nitrogen and oxygen atoms in total. The number of thiophene rings is 1. The Kier molecular flexibility index (Phi) is 4.56. The summed E-state index contributed by atoms with van der Waals surface area (Å²) in [5, 5.41) is 5.56. The van der Waals surface area contributed by atoms with E-state index in [4.69, 9.17) is 9.47 Å². The van der Waals surface area contributed by atoms with Gasteiger partial charge in [-0.15, -0.1) is 11.3 Å². The maximum atomic E-state index is 5.84. The first-order valence-corrected chi connectivity index (χ1v) is 7.01. The lowest BCUT2D eigenvalue weighted by Gasteiger charge is -2.42. The molecule has 17 heavy (non-hydrogen) atoms. The molecule has 96 valence electrons. The molecule has 0 aromatic carbocycles. The average Bonchev–Trinajstić information content (AvgIpc) is 2.89. The fourth-order valence-electron chi connectivity index (χ4n) is 2.59. The molecule has 1 aliphatic rings. The van der Waals surface area contributed by atoms with Crippen LogP contribution < -0.4 is 5.32 Å². The minimum atomic E-state index is -0.0724. The topological polar surface area (TPSA) is 30.5 Å². The summed E-state index contributed by atoms with van der Waals surface area (Å²) in [5.41, 5.74) is -0.0724. The van der Waals surface area contributed by atoms with Gasteiger partial charge in [-0.2, -0.15) is 0 Å². The molecule has 1 atom stereocenters. The van der Waals surface area contributed by atoms with E-state index in [9.17, 15) is 0 Å². The van der Waals surface area contributed by atoms with E-state index >= 15 is 0 Å². The SMILES string of the molecule is CNC(Cc1cccs1)C1(OC)CCOCC1. The lowest BCUT2D eigenvalue weighted by Crippen LogP contribution is -2.55. The predicted molar refractivity (Wildman–Crippen MR) is 70.7 cm³/mol. The van der Waals surface area contributed by atoms with Crippen LogP contribution in [0.3, 0.4) is 0 Å². The third-order valence-corrected chi connectivity index (χ3v) is 4.61. The van der Waals surface area contributed by atoms with Crippen LogP contribution in [0.2, 0.25) is 0 Å². The van der Waals surface area contributed by atoms with Crippen LogP contribution in [-0.4, -0.2) is 39.0 Å². The van der Waals surface area contributed by atoms with Gasteiger partial charge in [0, 0.05) is 44.1 Å². The number of nitrogens with one attached hydrogen (secondary N) is 1. The van der Waals surface area contributed by atoms with Crippen LogP contribution in [0.5, 0.6) is 0 Å². The highest BCUT2D eigenvalue weighted by Gasteiger charge is 2.39. The van der Waals surface area contributed by atoms with Crippen molar-refractivity contribution in [2.75, 3.05) is 27.4 Å². The van der Waals surface area contributed by atoms with Crippen molar-refractivity contribution in [1.29, 1.82) is 0 Å². The van der Waals surface area contributed by atoms with Crippen molar-refractivity contribution in [3.63, 3.8) is 0 Å². The molecule has 0 saturated carbocycles. The van der Waals surface area contributed by atoms with Crippen LogP contribution in [0.4, 0.5) is 0 Å². The minimum absolute atomic E-state index is 0.0724. The van der Waals surface area contributed by atoms with Crippen LogP contribution in [0, 0.1) is 0 Å². The van der Waals surface area contributed by atoms with Gasteiger partial charge < -0.3 is 14.8 Å². The van der Waals surface area contributed by atoms with E-state index in [-0.39, 0.29) is 5.60 Å². The first-order valence-electron chi connectivity index (χ1n) is 6.13. The number of methoxy groups -OCH3 is 1. The fourth-order valence-corrected chi connectivity index (χ4v) is 3.34. The van der Waals surface area contributed by atoms with Crippen molar-refractivity contribution in [2.24, 2.45) is 0 Å². The highest BCUT2D eigenvalue weighted by Crippen LogP contribution is 2.30. The number of likely N-dealkylation sites (N-methyl/N-ethyl adjacent to an activating group) is 1. The third kappa shape index (κ3) is 2.88. The Hall–Kier alpha value is -0.420. The molecule has 0 spiro atoms. The van der Waals surface area contributed by atoms with E-state index in [0.29, 0.717) is 6.04 Å². The quantitative estimate of drug-likeness (QED) is 0.874. The maximum Gasteiger partial charge on any atom is 0.0878 e. The van der Waals surface area contributed by atoms with E-state index in [1.54, 1.807) is 0 Å². The van der Waals surface area contributed by atoms with Gasteiger partial charge in [0.05, 0.1) is 5.60 Å². The lowest BCUT2D eigenvalue weighted by molar-refractivity contribution is -0.109. The van der Waals surface area contributed by atoms with Gasteiger partial charge in [-0.3, -0.25) is 0 Å². The molecule has 1 aliphatic heterocycles. The summed E-state index contributed by atoms with van der Waals surface area (Å²) in [6.45, 7) is 1.60. The Balaban J connectivity index is 2.09. The normalized spacial score (nSPS) is 21.3. The largest absolute Gasteiger partial charge is 0.381 e. The van der Waals surface area contributed by atoms with Crippen molar-refractivity contribution in [1.82, 2.24) is 5.32 Å². The first kappa shape index (κ1) is 13.0. The van der Waals surface area contributed by atoms with Crippen molar-refractivity contribution < 1.29 is 9.47 Å². The molecule has 1 fully saturated rings. The maximum absolute atomic E-state index is 5.84. The highest BCUT2D eigenvalue weighted by molar-refractivity contribution is 7.09. The van der Waals surface area contributed by atoms with E-state index in [2.05, 4.69) is 22.8 Å². The molecule has 1 unspecified atom stereocenters. The van der Waals surface area contributed by atoms with Crippen LogP contribution >= 0.6 is 11.3 Å². The Morgan fingerprint density at radius 3 is 2.82 bits per heavy atom. The Morgan fingerprint density at radius 2 is 2.29 bits per heavy atom. The summed E-state index contributed by atoms with van der Waals surface area (Å²) in [5.74, 6) is 0. The number of rotatable bonds is 5. The van der Waals surface area contributed by atoms with Crippen LogP contribution in [0.15, 0.2) is 17.5 Å². The van der Waals surface area contributed by atoms with Crippen molar-refractivity contribution in [3.8, 4) is 0 Å². The van der Waals surface area contributed by atoms with Gasteiger partial charge in [0.2, 0.25) is 0 Å². The Bertz CT molecular complexity index is 320. The highest BCUT2D eigenvalue weighted by atomic mass is 32.1. The van der Waals surface area contributed by atoms with Gasteiger partial charge in [-0.05, 0) is 24.9 Å². The van der Waals surface area contributed by atoms with Gasteiger partial charge in [0.1, 0.15) is 0 Å². The number of hydrogen-bond acceptors (Lipinski definition) is 4. The van der Waals surface area contributed by atoms with Gasteiger partial charge >= 0.3 is 0 Å². The second-order valence-corrected chi connectivity index (χ2v) is 5.54. The molecule has 2 rings (SSSR count). The fraction of sp³-hybridized carbons (Fsp3) is 0.692. The molecule has 2 heterocycles. The molecule has 0 aliphatic carbocycles. The second kappa shape index (κ2) is 5.96. The zero-order valence-electron chi connectivity index (χ0n) is 10.6. The summed E-state index contributed by atoms with van der Waals surface area (Å²) < 4.78 is 11.3. The molecule has 1 aromatic heterocycles. The van der Waals surface area contributed by atoms with Gasteiger partial charge in [0.25, 0.3) is 0 Å². The second-order valence-electron chi connectivity index (χ2n) is 4.51. The minimum Gasteiger partial charge on any atom is -0.381 e. The summed E-state index contributed by atoms with van der Waals surface area (Å²) in [4.78, 5) is 1.41. The molecule has 0 bridgehead atoms. The molecule has 1 saturated heterocycles. The monoisotopic (exact) mass is 255 g/mol. The summed E-state index contributed by atoms with van der Waals surface area (Å²) in [6.07, 6.45) is 2.97. The van der Waals surface area contributed by atoms with E-state index in [1.807, 2.05) is 25.5 Å². The standard InChI is InChI=1S/C13H21NO2S/c1-14-12(10-11-4-3-9-17-11)13(15-2)5-7-16-8-6-13/h3-4,9,12,14H,5-8,10H2,1-2H3. The Morgan fingerprint density at radius 1 is 1.53 bits per heavy atom. The van der Waals surface area contributed by atoms with E-state index in [0.717, 1.165) is 32.5 Å². The molecule has 4 heteroatoms. The van der Waals surface area contributed by atoms with Crippen molar-refractivity contribution >= 4 is 11.3 Å². The summed E-state index contributed by atoms with van der Waals surface area (Å²) in [6, 6.07) is 4.66. The molecular weight excluding hydrogens is 234 g/mol. The molecule has 0 radical (unpaired) electrons. The van der Waals surface area contributed by atoms with Gasteiger partial charge in [0.15, 0.2) is 0 Å². The molecular formula is C13H21NO2S. The van der Waals surface area contributed by atoms with Crippen LogP contribution in [0.25, 0.3) is 0 Å². The number of hydrogen-bond donors (Lipinski definition) is 1. The smallest absolute Gasteiger partial charge is 0.0878 e. The summed E-state index contributed by atoms with van der Waals surface area (Å²) in [7, 11) is 3.85. The average molecular weight is 255 g/mol. The molecule has 1 N–H and O–H groups in total. The number of ether oxygens (including phenoxy) is 2. The van der Waals surface area contributed by atoms with Gasteiger partial charge in [-0.1, -0.05) is 6.07 Å². The predicted octanol–water partition coefficient (Wildman–Crippen LogP) is 2.07. The van der Waals surface area contributed by atoms with Gasteiger partial charge in [-0.25, -0.2) is 0 Å². The van der Waals surface area contributed by atoms with Crippen molar-refractivity contribution in [3.05, 3.63) is 22.4 Å². The van der Waals surface area contributed by atoms with E-state index in [1.165, 1.54) is 4.88 Å². The molecule has 0 amide bonds. The van der Waals surface area contributed by atoms with Crippen LogP contribution in [-0.2, 0) is 15.9 Å². The summed E-state index contributed by atoms with van der Waals surface area (Å²) >= 11 is 1.81. The molecule has 1 aromatic rings. The zero-order chi connectivity index (χ0) is 12.1. The Labute approximate surface area is 107 Å². The lowest BCUT2D eigenvalue weighted by atomic mass is 9.84. The van der Waals surface area contributed by atoms with Crippen molar-refractivity contribution in [2.45, 2.75) is 30.9 Å². The van der Waals surface area contributed by atoms with Crippen LogP contribution in [0.1, 0.15) is 17.7 Å². The van der Waals surface area contributed by atoms with E-state index < -0.39 is 0 Å².